The van der Waals surface area contributed by atoms with Crippen LogP contribution in [0.25, 0.3) is 11.2 Å². The third-order valence-electron chi connectivity index (χ3n) is 4.06. The predicted molar refractivity (Wildman–Crippen MR) is 87.1 cm³/mol. The Morgan fingerprint density at radius 3 is 3.04 bits per heavy atom. The van der Waals surface area contributed by atoms with Crippen LogP contribution in [0.2, 0.25) is 0 Å². The van der Waals surface area contributed by atoms with Gasteiger partial charge in [-0.1, -0.05) is 11.9 Å². The summed E-state index contributed by atoms with van der Waals surface area (Å²) < 4.78 is 0. The van der Waals surface area contributed by atoms with Gasteiger partial charge in [-0.05, 0) is 31.6 Å². The molecule has 4 rings (SSSR count). The molecule has 8 nitrogen and oxygen atoms in total. The minimum absolute atomic E-state index is 0.464. The van der Waals surface area contributed by atoms with Crippen LogP contribution in [-0.4, -0.2) is 31.4 Å². The number of nitrogens with one attached hydrogen (secondary N) is 4. The topological polar surface area (TPSA) is 109 Å². The molecule has 3 aromatic heterocycles. The van der Waals surface area contributed by atoms with E-state index in [1.54, 1.807) is 6.33 Å². The SMILES string of the molecule is Cc1cc(Nc2nc(N=CC(C)C3CC3)c3[nH]c[nH+]c3n2)n[nH]1. The van der Waals surface area contributed by atoms with Crippen molar-refractivity contribution < 1.29 is 4.98 Å². The lowest BCUT2D eigenvalue weighted by molar-refractivity contribution is -0.347. The second kappa shape index (κ2) is 5.45. The average molecular weight is 311 g/mol. The summed E-state index contributed by atoms with van der Waals surface area (Å²) in [5.74, 6) is 3.02. The molecule has 1 aliphatic carbocycles. The zero-order valence-corrected chi connectivity index (χ0v) is 13.1. The van der Waals surface area contributed by atoms with Gasteiger partial charge in [-0.25, -0.2) is 9.98 Å². The van der Waals surface area contributed by atoms with Crippen molar-refractivity contribution in [3.05, 3.63) is 18.1 Å². The summed E-state index contributed by atoms with van der Waals surface area (Å²) in [4.78, 5) is 19.7. The van der Waals surface area contributed by atoms with Gasteiger partial charge in [0.15, 0.2) is 12.1 Å². The van der Waals surface area contributed by atoms with Crippen LogP contribution in [0.4, 0.5) is 17.6 Å². The first-order valence-corrected chi connectivity index (χ1v) is 7.79. The van der Waals surface area contributed by atoms with Crippen molar-refractivity contribution in [3.8, 4) is 0 Å². The largest absolute Gasteiger partial charge is 0.308 e. The number of aliphatic imine (C=N–C) groups is 1. The Bertz CT molecular complexity index is 857. The van der Waals surface area contributed by atoms with E-state index in [4.69, 9.17) is 0 Å². The van der Waals surface area contributed by atoms with Gasteiger partial charge in [-0.2, -0.15) is 10.1 Å². The lowest BCUT2D eigenvalue weighted by Gasteiger charge is -2.01. The van der Waals surface area contributed by atoms with E-state index < -0.39 is 0 Å². The Kier molecular flexibility index (Phi) is 3.29. The predicted octanol–water partition coefficient (Wildman–Crippen LogP) is 2.30. The molecule has 0 amide bonds. The molecule has 23 heavy (non-hydrogen) atoms. The van der Waals surface area contributed by atoms with E-state index in [0.29, 0.717) is 29.1 Å². The Morgan fingerprint density at radius 1 is 1.43 bits per heavy atom. The second-order valence-corrected chi connectivity index (χ2v) is 6.06. The first-order chi connectivity index (χ1) is 11.2. The molecule has 0 bridgehead atoms. The first kappa shape index (κ1) is 13.9. The van der Waals surface area contributed by atoms with E-state index in [1.165, 1.54) is 12.8 Å². The second-order valence-electron chi connectivity index (χ2n) is 6.06. The zero-order chi connectivity index (χ0) is 15.8. The van der Waals surface area contributed by atoms with Crippen molar-refractivity contribution in [2.24, 2.45) is 16.8 Å². The van der Waals surface area contributed by atoms with Crippen molar-refractivity contribution >= 4 is 35.0 Å². The molecule has 1 fully saturated rings. The Hall–Kier alpha value is -2.77. The first-order valence-electron chi connectivity index (χ1n) is 7.79. The highest BCUT2D eigenvalue weighted by Gasteiger charge is 2.26. The van der Waals surface area contributed by atoms with Crippen molar-refractivity contribution in [2.45, 2.75) is 26.7 Å². The zero-order valence-electron chi connectivity index (χ0n) is 13.1. The molecule has 0 radical (unpaired) electrons. The van der Waals surface area contributed by atoms with Gasteiger partial charge in [0.2, 0.25) is 11.3 Å². The molecular weight excluding hydrogens is 292 g/mol. The van der Waals surface area contributed by atoms with Crippen LogP contribution < -0.4 is 10.3 Å². The lowest BCUT2D eigenvalue weighted by Crippen LogP contribution is -2.03. The molecule has 118 valence electrons. The number of hydrogen-bond acceptors (Lipinski definition) is 5. The van der Waals surface area contributed by atoms with Crippen LogP contribution in [0.5, 0.6) is 0 Å². The number of aryl methyl sites for hydroxylation is 1. The summed E-state index contributed by atoms with van der Waals surface area (Å²) in [7, 11) is 0. The molecule has 1 unspecified atom stereocenters. The fourth-order valence-electron chi connectivity index (χ4n) is 2.54. The normalized spacial score (nSPS) is 16.3. The third kappa shape index (κ3) is 2.92. The standard InChI is InChI=1S/C15H18N8/c1-8(10-3-4-10)6-16-13-12-14(18-7-17-12)21-15(20-13)19-11-5-9(2)22-23-11/h5-8,10H,3-4H2,1-2H3,(H3,17,18,19,20,21,22,23)/p+1. The highest BCUT2D eigenvalue weighted by atomic mass is 15.2. The number of H-pyrrole nitrogens is 3. The number of fused-ring (bicyclic) bond motifs is 1. The monoisotopic (exact) mass is 311 g/mol. The summed E-state index contributed by atoms with van der Waals surface area (Å²) in [6, 6.07) is 1.90. The van der Waals surface area contributed by atoms with Crippen LogP contribution >= 0.6 is 0 Å². The summed E-state index contributed by atoms with van der Waals surface area (Å²) in [6.45, 7) is 4.14. The number of nitrogens with zero attached hydrogens (tertiary/aromatic N) is 4. The van der Waals surface area contributed by atoms with Crippen LogP contribution in [0, 0.1) is 18.8 Å². The molecule has 3 heterocycles. The third-order valence-corrected chi connectivity index (χ3v) is 4.06. The van der Waals surface area contributed by atoms with Crippen molar-refractivity contribution in [3.63, 3.8) is 0 Å². The molecular formula is C15H19N8+. The number of aromatic amines is 3. The molecule has 0 spiro atoms. The highest BCUT2D eigenvalue weighted by Crippen LogP contribution is 2.36. The number of aromatic nitrogens is 6. The summed E-state index contributed by atoms with van der Waals surface area (Å²) >= 11 is 0. The fourth-order valence-corrected chi connectivity index (χ4v) is 2.54. The molecule has 1 atom stereocenters. The Balaban J connectivity index is 1.66. The maximum absolute atomic E-state index is 4.58. The van der Waals surface area contributed by atoms with Gasteiger partial charge in [0.1, 0.15) is 0 Å². The Morgan fingerprint density at radius 2 is 2.30 bits per heavy atom. The minimum Gasteiger partial charge on any atom is -0.293 e. The van der Waals surface area contributed by atoms with Gasteiger partial charge >= 0.3 is 11.6 Å². The van der Waals surface area contributed by atoms with Crippen LogP contribution in [0.1, 0.15) is 25.5 Å². The Labute approximate surface area is 132 Å². The molecule has 1 saturated carbocycles. The summed E-state index contributed by atoms with van der Waals surface area (Å²) in [5.41, 5.74) is 2.48. The van der Waals surface area contributed by atoms with Crippen LogP contribution in [-0.2, 0) is 0 Å². The van der Waals surface area contributed by atoms with Gasteiger partial charge in [0.05, 0.1) is 0 Å². The molecule has 3 aromatic rings. The van der Waals surface area contributed by atoms with E-state index >= 15 is 0 Å². The number of hydrogen-bond donors (Lipinski definition) is 3. The van der Waals surface area contributed by atoms with Gasteiger partial charge in [0.25, 0.3) is 0 Å². The molecule has 0 saturated heterocycles. The van der Waals surface area contributed by atoms with Crippen molar-refractivity contribution in [1.29, 1.82) is 0 Å². The van der Waals surface area contributed by atoms with E-state index in [9.17, 15) is 0 Å². The summed E-state index contributed by atoms with van der Waals surface area (Å²) in [5, 5.41) is 10.1. The fraction of sp³-hybridized carbons (Fsp3) is 0.400. The van der Waals surface area contributed by atoms with E-state index in [0.717, 1.165) is 17.1 Å². The van der Waals surface area contributed by atoms with Gasteiger partial charge < -0.3 is 0 Å². The van der Waals surface area contributed by atoms with Crippen LogP contribution in [0.15, 0.2) is 17.4 Å². The minimum atomic E-state index is 0.464. The highest BCUT2D eigenvalue weighted by molar-refractivity contribution is 5.82. The molecule has 0 aliphatic heterocycles. The smallest absolute Gasteiger partial charge is 0.293 e. The van der Waals surface area contributed by atoms with Gasteiger partial charge in [0, 0.05) is 18.0 Å². The molecule has 0 aromatic carbocycles. The average Bonchev–Trinajstić information content (AvgIpc) is 3.15. The quantitative estimate of drug-likeness (QED) is 0.628. The summed E-state index contributed by atoms with van der Waals surface area (Å²) in [6.07, 6.45) is 6.32. The molecule has 1 aliphatic rings. The van der Waals surface area contributed by atoms with Gasteiger partial charge in [-0.15, -0.1) is 0 Å². The molecule has 4 N–H and O–H groups in total. The number of rotatable bonds is 5. The van der Waals surface area contributed by atoms with E-state index in [1.807, 2.05) is 19.2 Å². The maximum atomic E-state index is 4.58. The number of anilines is 2. The van der Waals surface area contributed by atoms with Crippen LogP contribution in [0.3, 0.4) is 0 Å². The molecule has 8 heteroatoms. The van der Waals surface area contributed by atoms with Gasteiger partial charge in [-0.3, -0.25) is 15.4 Å². The van der Waals surface area contributed by atoms with E-state index in [-0.39, 0.29) is 0 Å². The van der Waals surface area contributed by atoms with Crippen molar-refractivity contribution in [1.82, 2.24) is 25.1 Å². The number of imidazole rings is 1. The van der Waals surface area contributed by atoms with E-state index in [2.05, 4.69) is 47.4 Å². The maximum Gasteiger partial charge on any atom is 0.308 e. The lowest BCUT2D eigenvalue weighted by atomic mass is 10.1. The van der Waals surface area contributed by atoms with Crippen molar-refractivity contribution in [2.75, 3.05) is 5.32 Å².